The maximum absolute atomic E-state index is 11.6. The number of hydrogen-bond donors (Lipinski definition) is 2. The molecule has 0 unspecified atom stereocenters. The number of carbonyl (C=O) groups excluding carboxylic acids is 1. The van der Waals surface area contributed by atoms with Crippen LogP contribution in [0.15, 0.2) is 24.3 Å². The zero-order valence-corrected chi connectivity index (χ0v) is 10.4. The second-order valence-corrected chi connectivity index (χ2v) is 4.67. The summed E-state index contributed by atoms with van der Waals surface area (Å²) in [6.45, 7) is 2.44. The molecule has 0 aliphatic rings. The average molecular weight is 253 g/mol. The standard InChI is InChI=1S/C12H15NO3S/c1-9-2-4-10(5-3-9)12(16)13-6-7-17-8-11(14)15/h2-5H,6-8H2,1H3,(H,13,16)(H,14,15). The number of nitrogens with one attached hydrogen (secondary N) is 1. The number of aliphatic carboxylic acids is 1. The lowest BCUT2D eigenvalue weighted by Crippen LogP contribution is -2.25. The lowest BCUT2D eigenvalue weighted by Gasteiger charge is -2.04. The molecular weight excluding hydrogens is 238 g/mol. The van der Waals surface area contributed by atoms with Gasteiger partial charge in [0.2, 0.25) is 0 Å². The van der Waals surface area contributed by atoms with Gasteiger partial charge in [0.15, 0.2) is 0 Å². The number of carboxylic acids is 1. The minimum Gasteiger partial charge on any atom is -0.481 e. The Hall–Kier alpha value is -1.49. The average Bonchev–Trinajstić information content (AvgIpc) is 2.29. The van der Waals surface area contributed by atoms with Crippen molar-refractivity contribution in [2.45, 2.75) is 6.92 Å². The predicted octanol–water partition coefficient (Wildman–Crippen LogP) is 1.54. The van der Waals surface area contributed by atoms with Crippen molar-refractivity contribution < 1.29 is 14.7 Å². The third-order valence-corrected chi connectivity index (χ3v) is 3.02. The maximum atomic E-state index is 11.6. The Morgan fingerprint density at radius 2 is 1.94 bits per heavy atom. The monoisotopic (exact) mass is 253 g/mol. The minimum absolute atomic E-state index is 0.0698. The second kappa shape index (κ2) is 6.96. The first kappa shape index (κ1) is 13.6. The van der Waals surface area contributed by atoms with E-state index in [1.165, 1.54) is 11.8 Å². The summed E-state index contributed by atoms with van der Waals surface area (Å²) in [7, 11) is 0. The lowest BCUT2D eigenvalue weighted by molar-refractivity contribution is -0.133. The summed E-state index contributed by atoms with van der Waals surface area (Å²) < 4.78 is 0. The molecule has 0 saturated heterocycles. The van der Waals surface area contributed by atoms with Gasteiger partial charge in [0.1, 0.15) is 0 Å². The van der Waals surface area contributed by atoms with Crippen LogP contribution < -0.4 is 5.32 Å². The van der Waals surface area contributed by atoms with Crippen LogP contribution in [-0.4, -0.2) is 35.0 Å². The van der Waals surface area contributed by atoms with E-state index >= 15 is 0 Å². The zero-order valence-electron chi connectivity index (χ0n) is 9.60. The normalized spacial score (nSPS) is 9.94. The van der Waals surface area contributed by atoms with Crippen molar-refractivity contribution in [3.05, 3.63) is 35.4 Å². The lowest BCUT2D eigenvalue weighted by atomic mass is 10.1. The van der Waals surface area contributed by atoms with E-state index in [1.54, 1.807) is 12.1 Å². The number of aryl methyl sites for hydroxylation is 1. The number of thioether (sulfide) groups is 1. The molecule has 0 fully saturated rings. The van der Waals surface area contributed by atoms with E-state index in [1.807, 2.05) is 19.1 Å². The molecule has 17 heavy (non-hydrogen) atoms. The highest BCUT2D eigenvalue weighted by Gasteiger charge is 2.04. The Morgan fingerprint density at radius 1 is 1.29 bits per heavy atom. The van der Waals surface area contributed by atoms with Gasteiger partial charge in [0, 0.05) is 17.9 Å². The van der Waals surface area contributed by atoms with E-state index in [9.17, 15) is 9.59 Å². The largest absolute Gasteiger partial charge is 0.481 e. The van der Waals surface area contributed by atoms with Crippen molar-refractivity contribution in [1.29, 1.82) is 0 Å². The van der Waals surface area contributed by atoms with E-state index in [0.29, 0.717) is 17.9 Å². The van der Waals surface area contributed by atoms with Crippen molar-refractivity contribution in [2.75, 3.05) is 18.1 Å². The third kappa shape index (κ3) is 5.40. The molecule has 4 nitrogen and oxygen atoms in total. The minimum atomic E-state index is -0.833. The molecule has 0 aromatic heterocycles. The Kier molecular flexibility index (Phi) is 5.56. The first-order chi connectivity index (χ1) is 8.09. The molecule has 0 aliphatic carbocycles. The third-order valence-electron chi connectivity index (χ3n) is 2.07. The van der Waals surface area contributed by atoms with Crippen LogP contribution in [0.2, 0.25) is 0 Å². The molecule has 92 valence electrons. The fourth-order valence-electron chi connectivity index (χ4n) is 1.20. The molecule has 5 heteroatoms. The van der Waals surface area contributed by atoms with E-state index in [2.05, 4.69) is 5.32 Å². The van der Waals surface area contributed by atoms with Crippen LogP contribution in [-0.2, 0) is 4.79 Å². The molecule has 1 aromatic carbocycles. The van der Waals surface area contributed by atoms with Crippen molar-refractivity contribution in [3.8, 4) is 0 Å². The van der Waals surface area contributed by atoms with Gasteiger partial charge in [-0.05, 0) is 19.1 Å². The van der Waals surface area contributed by atoms with Crippen LogP contribution in [0.4, 0.5) is 0 Å². The second-order valence-electron chi connectivity index (χ2n) is 3.57. The van der Waals surface area contributed by atoms with Crippen molar-refractivity contribution in [1.82, 2.24) is 5.32 Å². The van der Waals surface area contributed by atoms with Gasteiger partial charge in [0.25, 0.3) is 5.91 Å². The van der Waals surface area contributed by atoms with E-state index in [0.717, 1.165) is 5.56 Å². The maximum Gasteiger partial charge on any atom is 0.313 e. The highest BCUT2D eigenvalue weighted by molar-refractivity contribution is 7.99. The summed E-state index contributed by atoms with van der Waals surface area (Å²) in [5.41, 5.74) is 1.73. The van der Waals surface area contributed by atoms with Crippen LogP contribution in [0.1, 0.15) is 15.9 Å². The molecular formula is C12H15NO3S. The van der Waals surface area contributed by atoms with Gasteiger partial charge in [0.05, 0.1) is 5.75 Å². The van der Waals surface area contributed by atoms with Crippen LogP contribution in [0.3, 0.4) is 0 Å². The number of carboxylic acid groups (broad SMARTS) is 1. The van der Waals surface area contributed by atoms with Crippen LogP contribution in [0.25, 0.3) is 0 Å². The van der Waals surface area contributed by atoms with Gasteiger partial charge in [-0.15, -0.1) is 11.8 Å². The predicted molar refractivity (Wildman–Crippen MR) is 68.5 cm³/mol. The van der Waals surface area contributed by atoms with Gasteiger partial charge in [-0.3, -0.25) is 9.59 Å². The molecule has 0 radical (unpaired) electrons. The van der Waals surface area contributed by atoms with E-state index in [-0.39, 0.29) is 11.7 Å². The Labute approximate surface area is 104 Å². The summed E-state index contributed by atoms with van der Waals surface area (Å²) in [6.07, 6.45) is 0. The molecule has 0 heterocycles. The SMILES string of the molecule is Cc1ccc(C(=O)NCCSCC(=O)O)cc1. The van der Waals surface area contributed by atoms with Gasteiger partial charge in [-0.1, -0.05) is 17.7 Å². The molecule has 2 N–H and O–H groups in total. The van der Waals surface area contributed by atoms with Gasteiger partial charge in [-0.25, -0.2) is 0 Å². The molecule has 0 aliphatic heterocycles. The summed E-state index contributed by atoms with van der Waals surface area (Å²) in [5.74, 6) is -0.287. The Bertz CT molecular complexity index is 389. The molecule has 1 aromatic rings. The smallest absolute Gasteiger partial charge is 0.313 e. The summed E-state index contributed by atoms with van der Waals surface area (Å²) in [4.78, 5) is 21.9. The Balaban J connectivity index is 2.25. The number of rotatable bonds is 6. The molecule has 1 amide bonds. The van der Waals surface area contributed by atoms with Gasteiger partial charge in [-0.2, -0.15) is 0 Å². The quantitative estimate of drug-likeness (QED) is 0.755. The fourth-order valence-corrected chi connectivity index (χ4v) is 1.77. The van der Waals surface area contributed by atoms with Crippen LogP contribution >= 0.6 is 11.8 Å². The molecule has 0 saturated carbocycles. The van der Waals surface area contributed by atoms with Crippen LogP contribution in [0.5, 0.6) is 0 Å². The van der Waals surface area contributed by atoms with E-state index < -0.39 is 5.97 Å². The van der Waals surface area contributed by atoms with Crippen molar-refractivity contribution >= 4 is 23.6 Å². The highest BCUT2D eigenvalue weighted by atomic mass is 32.2. The molecule has 1 rings (SSSR count). The van der Waals surface area contributed by atoms with Crippen molar-refractivity contribution in [2.24, 2.45) is 0 Å². The summed E-state index contributed by atoms with van der Waals surface area (Å²) >= 11 is 1.29. The molecule has 0 spiro atoms. The first-order valence-corrected chi connectivity index (χ1v) is 6.39. The molecule has 0 atom stereocenters. The topological polar surface area (TPSA) is 66.4 Å². The highest BCUT2D eigenvalue weighted by Crippen LogP contribution is 2.03. The van der Waals surface area contributed by atoms with E-state index in [4.69, 9.17) is 5.11 Å². The number of benzene rings is 1. The Morgan fingerprint density at radius 3 is 2.53 bits per heavy atom. The van der Waals surface area contributed by atoms with Gasteiger partial charge < -0.3 is 10.4 Å². The number of hydrogen-bond acceptors (Lipinski definition) is 3. The molecule has 0 bridgehead atoms. The number of carbonyl (C=O) groups is 2. The summed E-state index contributed by atoms with van der Waals surface area (Å²) in [5, 5.41) is 11.2. The van der Waals surface area contributed by atoms with Gasteiger partial charge >= 0.3 is 5.97 Å². The number of amides is 1. The summed E-state index contributed by atoms with van der Waals surface area (Å²) in [6, 6.07) is 7.31. The first-order valence-electron chi connectivity index (χ1n) is 5.24. The van der Waals surface area contributed by atoms with Crippen LogP contribution in [0, 0.1) is 6.92 Å². The van der Waals surface area contributed by atoms with Crippen molar-refractivity contribution in [3.63, 3.8) is 0 Å². The zero-order chi connectivity index (χ0) is 12.7. The fraction of sp³-hybridized carbons (Fsp3) is 0.333.